The van der Waals surface area contributed by atoms with E-state index in [0.717, 1.165) is 32.1 Å². The second-order valence-corrected chi connectivity index (χ2v) is 9.85. The fourth-order valence-electron chi connectivity index (χ4n) is 7.31. The lowest BCUT2D eigenvalue weighted by Crippen LogP contribution is -2.64. The second kappa shape index (κ2) is 4.49. The predicted molar refractivity (Wildman–Crippen MR) is 88.7 cm³/mol. The number of carbonyl (C=O) groups is 1. The number of hydrogen-bond acceptors (Lipinski definition) is 3. The van der Waals surface area contributed by atoms with Crippen LogP contribution in [0, 0.1) is 33.5 Å². The summed E-state index contributed by atoms with van der Waals surface area (Å²) in [6.45, 7) is 6.84. The molecule has 0 aromatic carbocycles. The highest BCUT2D eigenvalue weighted by Crippen LogP contribution is 2.71. The molecular weight excluding hydrogens is 288 g/mol. The van der Waals surface area contributed by atoms with Crippen LogP contribution in [0.3, 0.4) is 0 Å². The molecule has 0 heterocycles. The molecule has 3 saturated carbocycles. The fourth-order valence-corrected chi connectivity index (χ4v) is 7.31. The number of Topliss-reactive ketones (excluding diaryl/α,β-unsaturated/α-hetero) is 1. The molecule has 4 aliphatic carbocycles. The molecule has 0 unspecified atom stereocenters. The summed E-state index contributed by atoms with van der Waals surface area (Å²) < 4.78 is 0. The molecule has 1 spiro atoms. The summed E-state index contributed by atoms with van der Waals surface area (Å²) in [5, 5.41) is 20.8. The van der Waals surface area contributed by atoms with E-state index in [4.69, 9.17) is 0 Å². The van der Waals surface area contributed by atoms with E-state index in [0.29, 0.717) is 18.3 Å². The van der Waals surface area contributed by atoms with Crippen LogP contribution in [0.1, 0.15) is 59.3 Å². The highest BCUT2D eigenvalue weighted by Gasteiger charge is 2.67. The Morgan fingerprint density at radius 1 is 1.13 bits per heavy atom. The lowest BCUT2D eigenvalue weighted by Gasteiger charge is -2.65. The van der Waals surface area contributed by atoms with Gasteiger partial charge in [-0.15, -0.1) is 0 Å². The first-order valence-corrected chi connectivity index (χ1v) is 9.21. The molecule has 23 heavy (non-hydrogen) atoms. The van der Waals surface area contributed by atoms with Crippen LogP contribution in [0.25, 0.3) is 0 Å². The van der Waals surface area contributed by atoms with Crippen LogP contribution in [0.5, 0.6) is 0 Å². The van der Waals surface area contributed by atoms with Gasteiger partial charge in [0.05, 0.1) is 6.61 Å². The molecule has 4 rings (SSSR count). The van der Waals surface area contributed by atoms with Gasteiger partial charge in [0.25, 0.3) is 0 Å². The van der Waals surface area contributed by atoms with Crippen LogP contribution in [0.2, 0.25) is 0 Å². The Balaban J connectivity index is 1.79. The van der Waals surface area contributed by atoms with Gasteiger partial charge in [-0.3, -0.25) is 4.79 Å². The van der Waals surface area contributed by atoms with E-state index in [1.807, 2.05) is 0 Å². The summed E-state index contributed by atoms with van der Waals surface area (Å²) in [6.07, 6.45) is 9.50. The Bertz CT molecular complexity index is 579. The minimum atomic E-state index is -0.821. The van der Waals surface area contributed by atoms with E-state index in [1.165, 1.54) is 0 Å². The number of aliphatic hydroxyl groups excluding tert-OH is 2. The molecule has 0 aromatic heterocycles. The molecule has 128 valence electrons. The summed E-state index contributed by atoms with van der Waals surface area (Å²) in [5.74, 6) is 0.784. The third-order valence-electron chi connectivity index (χ3n) is 8.26. The van der Waals surface area contributed by atoms with Crippen molar-refractivity contribution in [1.82, 2.24) is 0 Å². The van der Waals surface area contributed by atoms with Crippen LogP contribution < -0.4 is 0 Å². The molecule has 3 nitrogen and oxygen atoms in total. The largest absolute Gasteiger partial charge is 0.395 e. The molecule has 0 amide bonds. The number of allylic oxidation sites excluding steroid dienone is 1. The fraction of sp³-hybridized carbons (Fsp3) is 0.850. The Labute approximate surface area is 139 Å². The summed E-state index contributed by atoms with van der Waals surface area (Å²) in [7, 11) is 0. The quantitative estimate of drug-likeness (QED) is 0.731. The van der Waals surface area contributed by atoms with Crippen molar-refractivity contribution < 1.29 is 15.0 Å². The average molecular weight is 318 g/mol. The molecule has 3 heteroatoms. The zero-order chi connectivity index (χ0) is 16.7. The third kappa shape index (κ3) is 1.81. The van der Waals surface area contributed by atoms with Crippen LogP contribution in [0.15, 0.2) is 12.2 Å². The topological polar surface area (TPSA) is 57.5 Å². The molecule has 0 saturated heterocycles. The van der Waals surface area contributed by atoms with Crippen LogP contribution in [-0.4, -0.2) is 28.7 Å². The zero-order valence-electron chi connectivity index (χ0n) is 14.6. The molecular formula is C20H30O3. The van der Waals surface area contributed by atoms with E-state index in [1.54, 1.807) is 0 Å². The minimum Gasteiger partial charge on any atom is -0.395 e. The number of hydrogen-bond donors (Lipinski definition) is 2. The van der Waals surface area contributed by atoms with E-state index in [2.05, 4.69) is 32.9 Å². The molecule has 2 bridgehead atoms. The predicted octanol–water partition coefficient (Wildman–Crippen LogP) is 3.10. The van der Waals surface area contributed by atoms with Gasteiger partial charge in [-0.2, -0.15) is 0 Å². The van der Waals surface area contributed by atoms with Crippen LogP contribution in [0.4, 0.5) is 0 Å². The first kappa shape index (κ1) is 15.8. The maximum absolute atomic E-state index is 12.6. The van der Waals surface area contributed by atoms with Gasteiger partial charge in [0.1, 0.15) is 6.10 Å². The van der Waals surface area contributed by atoms with Gasteiger partial charge in [0.2, 0.25) is 0 Å². The summed E-state index contributed by atoms with van der Waals surface area (Å²) in [6, 6.07) is 0. The highest BCUT2D eigenvalue weighted by atomic mass is 16.3. The highest BCUT2D eigenvalue weighted by molar-refractivity contribution is 5.85. The second-order valence-electron chi connectivity index (χ2n) is 9.85. The number of fused-ring (bicyclic) bond motifs is 3. The van der Waals surface area contributed by atoms with Crippen LogP contribution >= 0.6 is 0 Å². The van der Waals surface area contributed by atoms with Crippen molar-refractivity contribution in [1.29, 1.82) is 0 Å². The molecule has 0 aromatic rings. The molecule has 3 fully saturated rings. The normalized spacial score (nSPS) is 53.8. The smallest absolute Gasteiger partial charge is 0.162 e. The van der Waals surface area contributed by atoms with Crippen molar-refractivity contribution in [3.8, 4) is 0 Å². The van der Waals surface area contributed by atoms with Crippen LogP contribution in [-0.2, 0) is 4.79 Å². The van der Waals surface area contributed by atoms with Crippen molar-refractivity contribution in [3.63, 3.8) is 0 Å². The minimum absolute atomic E-state index is 0.0273. The number of rotatable bonds is 1. The molecule has 0 aliphatic heterocycles. The Kier molecular flexibility index (Phi) is 3.09. The maximum atomic E-state index is 12.6. The zero-order valence-corrected chi connectivity index (χ0v) is 14.6. The van der Waals surface area contributed by atoms with E-state index in [-0.39, 0.29) is 34.1 Å². The van der Waals surface area contributed by atoms with Gasteiger partial charge in [-0.1, -0.05) is 32.9 Å². The van der Waals surface area contributed by atoms with Gasteiger partial charge < -0.3 is 10.2 Å². The summed E-state index contributed by atoms with van der Waals surface area (Å²) in [5.41, 5.74) is -0.312. The van der Waals surface area contributed by atoms with Gasteiger partial charge in [-0.05, 0) is 54.8 Å². The Morgan fingerprint density at radius 2 is 1.83 bits per heavy atom. The number of ketones is 1. The van der Waals surface area contributed by atoms with Crippen molar-refractivity contribution in [2.45, 2.75) is 65.4 Å². The Hall–Kier alpha value is -0.670. The van der Waals surface area contributed by atoms with Crippen molar-refractivity contribution in [2.75, 3.05) is 6.61 Å². The first-order valence-electron chi connectivity index (χ1n) is 9.21. The van der Waals surface area contributed by atoms with Crippen molar-refractivity contribution in [2.24, 2.45) is 33.5 Å². The summed E-state index contributed by atoms with van der Waals surface area (Å²) in [4.78, 5) is 12.6. The average Bonchev–Trinajstić information content (AvgIpc) is 2.77. The lowest BCUT2D eigenvalue weighted by molar-refractivity contribution is -0.197. The molecule has 6 atom stereocenters. The monoisotopic (exact) mass is 318 g/mol. The van der Waals surface area contributed by atoms with Gasteiger partial charge >= 0.3 is 0 Å². The van der Waals surface area contributed by atoms with E-state index < -0.39 is 6.10 Å². The molecule has 4 aliphatic rings. The Morgan fingerprint density at radius 3 is 2.52 bits per heavy atom. The lowest BCUT2D eigenvalue weighted by atomic mass is 9.39. The third-order valence-corrected chi connectivity index (χ3v) is 8.26. The van der Waals surface area contributed by atoms with Crippen molar-refractivity contribution in [3.05, 3.63) is 12.2 Å². The standard InChI is InChI=1S/C20H30O3/c1-17(2)10-13(22)16(23)18(3)14(17)5-7-20-9-8-19(11-20,12-21)6-4-15(18)20/h8-9,14-16,21,23H,4-7,10-12H2,1-3H3/t14-,15+,16+,18-,19+,20+/m1/s1. The number of carbonyl (C=O) groups excluding carboxylic acids is 1. The van der Waals surface area contributed by atoms with E-state index >= 15 is 0 Å². The molecule has 0 radical (unpaired) electrons. The van der Waals surface area contributed by atoms with Gasteiger partial charge in [0, 0.05) is 17.3 Å². The molecule has 2 N–H and O–H groups in total. The summed E-state index contributed by atoms with van der Waals surface area (Å²) >= 11 is 0. The van der Waals surface area contributed by atoms with Gasteiger partial charge in [-0.25, -0.2) is 0 Å². The van der Waals surface area contributed by atoms with E-state index in [9.17, 15) is 15.0 Å². The van der Waals surface area contributed by atoms with Crippen molar-refractivity contribution >= 4 is 5.78 Å². The van der Waals surface area contributed by atoms with Gasteiger partial charge in [0.15, 0.2) is 5.78 Å². The number of aliphatic hydroxyl groups is 2. The SMILES string of the molecule is CC1(C)CC(=O)[C@H](O)[C@]2(C)[C@@H]1CC[C@@]13C=C[C@@](CO)(CC[C@H]12)C3. The maximum Gasteiger partial charge on any atom is 0.162 e. The first-order chi connectivity index (χ1) is 10.7.